The van der Waals surface area contributed by atoms with Crippen molar-refractivity contribution in [2.45, 2.75) is 44.7 Å². The number of aliphatic imine (C=N–C) groups is 1. The minimum absolute atomic E-state index is 0.365. The smallest absolute Gasteiger partial charge is 0.157 e. The first-order chi connectivity index (χ1) is 8.76. The molecular formula is C14H19N3S. The highest BCUT2D eigenvalue weighted by molar-refractivity contribution is 8.14. The summed E-state index contributed by atoms with van der Waals surface area (Å²) in [6, 6.07) is 6.11. The fraction of sp³-hybridized carbons (Fsp3) is 0.571. The molecule has 2 fully saturated rings. The van der Waals surface area contributed by atoms with Crippen molar-refractivity contribution in [3.63, 3.8) is 0 Å². The number of amidine groups is 1. The highest BCUT2D eigenvalue weighted by atomic mass is 32.2. The lowest BCUT2D eigenvalue weighted by molar-refractivity contribution is 0.452. The van der Waals surface area contributed by atoms with Gasteiger partial charge in [-0.15, -0.1) is 0 Å². The molecular weight excluding hydrogens is 242 g/mol. The largest absolute Gasteiger partial charge is 0.359 e. The molecule has 1 N–H and O–H groups in total. The Morgan fingerprint density at radius 2 is 2.22 bits per heavy atom. The van der Waals surface area contributed by atoms with E-state index in [0.29, 0.717) is 12.1 Å². The molecule has 1 aliphatic heterocycles. The van der Waals surface area contributed by atoms with Gasteiger partial charge in [0.15, 0.2) is 5.17 Å². The summed E-state index contributed by atoms with van der Waals surface area (Å²) in [5.41, 5.74) is 2.48. The van der Waals surface area contributed by atoms with Crippen LogP contribution in [-0.2, 0) is 6.54 Å². The SMILES string of the molecule is Cc1cccc(CN=C2NC3(CCCC3)CS2)n1. The topological polar surface area (TPSA) is 37.3 Å². The van der Waals surface area contributed by atoms with Gasteiger partial charge in [0.25, 0.3) is 0 Å². The molecule has 0 aromatic carbocycles. The molecule has 1 saturated carbocycles. The first-order valence-electron chi connectivity index (χ1n) is 6.64. The predicted molar refractivity (Wildman–Crippen MR) is 76.9 cm³/mol. The molecule has 3 nitrogen and oxygen atoms in total. The number of hydrogen-bond donors (Lipinski definition) is 1. The third kappa shape index (κ3) is 2.53. The molecule has 96 valence electrons. The molecule has 4 heteroatoms. The van der Waals surface area contributed by atoms with E-state index < -0.39 is 0 Å². The molecule has 1 spiro atoms. The highest BCUT2D eigenvalue weighted by Gasteiger charge is 2.39. The molecule has 1 aliphatic carbocycles. The van der Waals surface area contributed by atoms with Crippen LogP contribution in [0.25, 0.3) is 0 Å². The van der Waals surface area contributed by atoms with Crippen LogP contribution in [0.2, 0.25) is 0 Å². The maximum atomic E-state index is 4.66. The van der Waals surface area contributed by atoms with Gasteiger partial charge in [-0.3, -0.25) is 9.98 Å². The second kappa shape index (κ2) is 4.92. The van der Waals surface area contributed by atoms with E-state index in [2.05, 4.69) is 15.3 Å². The number of nitrogens with zero attached hydrogens (tertiary/aromatic N) is 2. The Balaban J connectivity index is 1.64. The number of rotatable bonds is 2. The highest BCUT2D eigenvalue weighted by Crippen LogP contribution is 2.37. The molecule has 2 aliphatic rings. The van der Waals surface area contributed by atoms with Crippen molar-refractivity contribution in [3.8, 4) is 0 Å². The summed E-state index contributed by atoms with van der Waals surface area (Å²) >= 11 is 1.87. The zero-order valence-corrected chi connectivity index (χ0v) is 11.6. The van der Waals surface area contributed by atoms with Gasteiger partial charge >= 0.3 is 0 Å². The Hall–Kier alpha value is -1.03. The van der Waals surface area contributed by atoms with Gasteiger partial charge in [0.2, 0.25) is 0 Å². The summed E-state index contributed by atoms with van der Waals surface area (Å²) in [5.74, 6) is 1.19. The zero-order chi connectivity index (χ0) is 12.4. The van der Waals surface area contributed by atoms with Crippen molar-refractivity contribution in [2.75, 3.05) is 5.75 Å². The van der Waals surface area contributed by atoms with Crippen molar-refractivity contribution >= 4 is 16.9 Å². The normalized spacial score (nSPS) is 23.7. The Labute approximate surface area is 112 Å². The lowest BCUT2D eigenvalue weighted by Gasteiger charge is -2.21. The fourth-order valence-corrected chi connectivity index (χ4v) is 3.97. The van der Waals surface area contributed by atoms with E-state index in [1.54, 1.807) is 0 Å². The molecule has 0 radical (unpaired) electrons. The van der Waals surface area contributed by atoms with Gasteiger partial charge in [-0.05, 0) is 31.9 Å². The van der Waals surface area contributed by atoms with E-state index in [1.165, 1.54) is 31.4 Å². The van der Waals surface area contributed by atoms with Gasteiger partial charge in [-0.1, -0.05) is 30.7 Å². The molecule has 0 amide bonds. The Bertz CT molecular complexity index is 464. The average Bonchev–Trinajstić information content (AvgIpc) is 2.98. The third-order valence-corrected chi connectivity index (χ3v) is 4.95. The lowest BCUT2D eigenvalue weighted by Crippen LogP contribution is -2.40. The van der Waals surface area contributed by atoms with Crippen LogP contribution in [0, 0.1) is 6.92 Å². The standard InChI is InChI=1S/C14H19N3S/c1-11-5-4-6-12(16-11)9-15-13-17-14(10-18-13)7-2-3-8-14/h4-6H,2-3,7-10H2,1H3,(H,15,17). The lowest BCUT2D eigenvalue weighted by atomic mass is 10.0. The van der Waals surface area contributed by atoms with E-state index in [-0.39, 0.29) is 0 Å². The number of pyridine rings is 1. The number of hydrogen-bond acceptors (Lipinski definition) is 3. The van der Waals surface area contributed by atoms with Gasteiger partial charge < -0.3 is 5.32 Å². The molecule has 1 aromatic rings. The van der Waals surface area contributed by atoms with Crippen LogP contribution in [0.1, 0.15) is 37.1 Å². The zero-order valence-electron chi connectivity index (χ0n) is 10.8. The monoisotopic (exact) mass is 261 g/mol. The molecule has 2 heterocycles. The summed E-state index contributed by atoms with van der Waals surface area (Å²) in [6.07, 6.45) is 5.34. The van der Waals surface area contributed by atoms with Crippen molar-refractivity contribution < 1.29 is 0 Å². The van der Waals surface area contributed by atoms with Gasteiger partial charge in [0.1, 0.15) is 0 Å². The average molecular weight is 261 g/mol. The van der Waals surface area contributed by atoms with Crippen molar-refractivity contribution in [1.29, 1.82) is 0 Å². The predicted octanol–water partition coefficient (Wildman–Crippen LogP) is 2.90. The van der Waals surface area contributed by atoms with Crippen LogP contribution in [0.15, 0.2) is 23.2 Å². The number of nitrogens with one attached hydrogen (secondary N) is 1. The molecule has 3 rings (SSSR count). The van der Waals surface area contributed by atoms with Gasteiger partial charge in [0.05, 0.1) is 12.2 Å². The van der Waals surface area contributed by atoms with Gasteiger partial charge in [-0.2, -0.15) is 0 Å². The van der Waals surface area contributed by atoms with Gasteiger partial charge in [0, 0.05) is 17.0 Å². The maximum Gasteiger partial charge on any atom is 0.157 e. The second-order valence-corrected chi connectivity index (χ2v) is 6.26. The van der Waals surface area contributed by atoms with Crippen LogP contribution >= 0.6 is 11.8 Å². The van der Waals surface area contributed by atoms with E-state index in [4.69, 9.17) is 0 Å². The third-order valence-electron chi connectivity index (χ3n) is 3.75. The maximum absolute atomic E-state index is 4.66. The summed E-state index contributed by atoms with van der Waals surface area (Å²) in [4.78, 5) is 9.14. The molecule has 0 unspecified atom stereocenters. The van der Waals surface area contributed by atoms with Crippen molar-refractivity contribution in [2.24, 2.45) is 4.99 Å². The first kappa shape index (κ1) is 12.0. The molecule has 1 aromatic heterocycles. The summed E-state index contributed by atoms with van der Waals surface area (Å²) in [6.45, 7) is 2.71. The second-order valence-electron chi connectivity index (χ2n) is 5.29. The van der Waals surface area contributed by atoms with Gasteiger partial charge in [-0.25, -0.2) is 0 Å². The summed E-state index contributed by atoms with van der Waals surface area (Å²) in [7, 11) is 0. The molecule has 0 bridgehead atoms. The summed E-state index contributed by atoms with van der Waals surface area (Å²) < 4.78 is 0. The molecule has 1 saturated heterocycles. The van der Waals surface area contributed by atoms with Crippen LogP contribution in [0.4, 0.5) is 0 Å². The molecule has 18 heavy (non-hydrogen) atoms. The van der Waals surface area contributed by atoms with E-state index in [1.807, 2.05) is 36.9 Å². The van der Waals surface area contributed by atoms with Crippen molar-refractivity contribution in [3.05, 3.63) is 29.6 Å². The van der Waals surface area contributed by atoms with Crippen molar-refractivity contribution in [1.82, 2.24) is 10.3 Å². The fourth-order valence-electron chi connectivity index (χ4n) is 2.75. The van der Waals surface area contributed by atoms with E-state index >= 15 is 0 Å². The Morgan fingerprint density at radius 1 is 1.39 bits per heavy atom. The summed E-state index contributed by atoms with van der Waals surface area (Å²) in [5, 5.41) is 4.75. The van der Waals surface area contributed by atoms with E-state index in [0.717, 1.165) is 16.6 Å². The number of thioether (sulfide) groups is 1. The van der Waals surface area contributed by atoms with Crippen LogP contribution < -0.4 is 5.32 Å². The Kier molecular flexibility index (Phi) is 3.29. The van der Waals surface area contributed by atoms with E-state index in [9.17, 15) is 0 Å². The van der Waals surface area contributed by atoms with Crippen LogP contribution in [-0.4, -0.2) is 21.4 Å². The Morgan fingerprint density at radius 3 is 3.00 bits per heavy atom. The molecule has 0 atom stereocenters. The quantitative estimate of drug-likeness (QED) is 0.889. The number of aromatic nitrogens is 1. The van der Waals surface area contributed by atoms with Crippen LogP contribution in [0.5, 0.6) is 0 Å². The van der Waals surface area contributed by atoms with Crippen LogP contribution in [0.3, 0.4) is 0 Å². The first-order valence-corrected chi connectivity index (χ1v) is 7.62. The number of aryl methyl sites for hydroxylation is 1. The minimum atomic E-state index is 0.365. The minimum Gasteiger partial charge on any atom is -0.359 e.